The van der Waals surface area contributed by atoms with E-state index in [2.05, 4.69) is 20.6 Å². The Bertz CT molecular complexity index is 442. The molecule has 114 valence electrons. The van der Waals surface area contributed by atoms with Crippen LogP contribution in [-0.2, 0) is 6.18 Å². The van der Waals surface area contributed by atoms with Crippen LogP contribution in [0.15, 0.2) is 6.07 Å². The number of nitrogens with one attached hydrogen (secondary N) is 2. The number of aliphatic hydroxyl groups is 2. The zero-order valence-electron chi connectivity index (χ0n) is 11.1. The van der Waals surface area contributed by atoms with Crippen LogP contribution in [0.3, 0.4) is 0 Å². The first-order valence-electron chi connectivity index (χ1n) is 5.94. The topological polar surface area (TPSA) is 90.3 Å². The first kappa shape index (κ1) is 16.4. The van der Waals surface area contributed by atoms with Gasteiger partial charge >= 0.3 is 6.18 Å². The molecule has 6 nitrogen and oxygen atoms in total. The van der Waals surface area contributed by atoms with Gasteiger partial charge < -0.3 is 20.8 Å². The second kappa shape index (κ2) is 6.23. The number of aliphatic hydroxyl groups excluding tert-OH is 2. The lowest BCUT2D eigenvalue weighted by atomic mass is 9.98. The van der Waals surface area contributed by atoms with Gasteiger partial charge in [-0.15, -0.1) is 0 Å². The summed E-state index contributed by atoms with van der Waals surface area (Å²) in [5, 5.41) is 23.6. The summed E-state index contributed by atoms with van der Waals surface area (Å²) in [5.74, 6) is -0.329. The van der Waals surface area contributed by atoms with Crippen molar-refractivity contribution < 1.29 is 23.4 Å². The highest BCUT2D eigenvalue weighted by atomic mass is 19.4. The third-order valence-corrected chi connectivity index (χ3v) is 2.92. The molecule has 0 fully saturated rings. The molecule has 0 saturated heterocycles. The maximum atomic E-state index is 12.7. The van der Waals surface area contributed by atoms with E-state index < -0.39 is 30.6 Å². The number of aromatic nitrogens is 2. The molecular formula is C11H17F3N4O2. The van der Waals surface area contributed by atoms with Gasteiger partial charge in [0.1, 0.15) is 5.82 Å². The molecule has 0 aliphatic carbocycles. The predicted molar refractivity (Wildman–Crippen MR) is 67.4 cm³/mol. The first-order valence-corrected chi connectivity index (χ1v) is 5.94. The summed E-state index contributed by atoms with van der Waals surface area (Å²) in [4.78, 5) is 7.16. The third-order valence-electron chi connectivity index (χ3n) is 2.92. The summed E-state index contributed by atoms with van der Waals surface area (Å²) in [5.41, 5.74) is -2.25. The lowest BCUT2D eigenvalue weighted by molar-refractivity contribution is -0.141. The highest BCUT2D eigenvalue weighted by Crippen LogP contribution is 2.30. The summed E-state index contributed by atoms with van der Waals surface area (Å²) < 4.78 is 38.2. The van der Waals surface area contributed by atoms with Crippen molar-refractivity contribution in [3.8, 4) is 0 Å². The van der Waals surface area contributed by atoms with Crippen molar-refractivity contribution in [1.82, 2.24) is 9.97 Å². The Morgan fingerprint density at radius 1 is 1.20 bits per heavy atom. The van der Waals surface area contributed by atoms with Crippen LogP contribution in [0.2, 0.25) is 0 Å². The maximum absolute atomic E-state index is 12.7. The number of hydrogen-bond donors (Lipinski definition) is 4. The molecule has 1 heterocycles. The minimum absolute atomic E-state index is 0.123. The Kier molecular flexibility index (Phi) is 5.12. The SMILES string of the molecule is CCC(CO)(CO)Nc1cc(C(F)(F)F)nc(NC)n1. The van der Waals surface area contributed by atoms with Crippen LogP contribution in [-0.4, -0.2) is 46.0 Å². The average molecular weight is 294 g/mol. The van der Waals surface area contributed by atoms with Crippen molar-refractivity contribution in [1.29, 1.82) is 0 Å². The van der Waals surface area contributed by atoms with Crippen molar-refractivity contribution in [3.63, 3.8) is 0 Å². The van der Waals surface area contributed by atoms with Crippen molar-refractivity contribution in [2.75, 3.05) is 30.9 Å². The van der Waals surface area contributed by atoms with E-state index in [-0.39, 0.29) is 11.8 Å². The number of rotatable bonds is 6. The van der Waals surface area contributed by atoms with Gasteiger partial charge in [-0.2, -0.15) is 18.2 Å². The molecule has 0 spiro atoms. The standard InChI is InChI=1S/C11H17F3N4O2/c1-3-10(5-19,6-20)18-8-4-7(11(12,13)14)16-9(15-2)17-8/h4,19-20H,3,5-6H2,1-2H3,(H2,15,16,17,18). The summed E-state index contributed by atoms with van der Waals surface area (Å²) in [6, 6.07) is 0.733. The molecule has 4 N–H and O–H groups in total. The van der Waals surface area contributed by atoms with Crippen LogP contribution in [0.25, 0.3) is 0 Å². The molecule has 0 aromatic carbocycles. The molecule has 0 bridgehead atoms. The Labute approximate surface area is 114 Å². The second-order valence-electron chi connectivity index (χ2n) is 4.28. The normalized spacial score (nSPS) is 12.3. The number of hydrogen-bond acceptors (Lipinski definition) is 6. The van der Waals surface area contributed by atoms with Gasteiger partial charge in [-0.3, -0.25) is 0 Å². The minimum Gasteiger partial charge on any atom is -0.394 e. The Hall–Kier alpha value is -1.61. The molecule has 0 aliphatic heterocycles. The van der Waals surface area contributed by atoms with Gasteiger partial charge in [-0.1, -0.05) is 6.92 Å². The number of alkyl halides is 3. The highest BCUT2D eigenvalue weighted by Gasteiger charge is 2.35. The van der Waals surface area contributed by atoms with Gasteiger partial charge in [0.15, 0.2) is 5.69 Å². The van der Waals surface area contributed by atoms with Crippen LogP contribution in [0.4, 0.5) is 24.9 Å². The van der Waals surface area contributed by atoms with Crippen LogP contribution in [0, 0.1) is 0 Å². The largest absolute Gasteiger partial charge is 0.433 e. The van der Waals surface area contributed by atoms with Gasteiger partial charge in [0, 0.05) is 13.1 Å². The molecular weight excluding hydrogens is 277 g/mol. The van der Waals surface area contributed by atoms with E-state index in [9.17, 15) is 23.4 Å². The fourth-order valence-electron chi connectivity index (χ4n) is 1.48. The molecule has 0 saturated carbocycles. The molecule has 1 aromatic heterocycles. The van der Waals surface area contributed by atoms with Crippen LogP contribution in [0.5, 0.6) is 0 Å². The monoisotopic (exact) mass is 294 g/mol. The Morgan fingerprint density at radius 3 is 2.20 bits per heavy atom. The summed E-state index contributed by atoms with van der Waals surface area (Å²) >= 11 is 0. The minimum atomic E-state index is -4.61. The number of halogens is 3. The summed E-state index contributed by atoms with van der Waals surface area (Å²) in [7, 11) is 1.39. The van der Waals surface area contributed by atoms with Gasteiger partial charge in [-0.05, 0) is 6.42 Å². The lowest BCUT2D eigenvalue weighted by Gasteiger charge is -2.30. The van der Waals surface area contributed by atoms with E-state index in [1.165, 1.54) is 7.05 Å². The number of nitrogens with zero attached hydrogens (tertiary/aromatic N) is 2. The predicted octanol–water partition coefficient (Wildman–Crippen LogP) is 1.08. The van der Waals surface area contributed by atoms with E-state index in [0.29, 0.717) is 6.42 Å². The quantitative estimate of drug-likeness (QED) is 0.628. The molecule has 9 heteroatoms. The van der Waals surface area contributed by atoms with Crippen molar-refractivity contribution in [3.05, 3.63) is 11.8 Å². The Balaban J connectivity index is 3.18. The molecule has 0 atom stereocenters. The van der Waals surface area contributed by atoms with Crippen molar-refractivity contribution in [2.45, 2.75) is 25.1 Å². The first-order chi connectivity index (χ1) is 9.30. The van der Waals surface area contributed by atoms with Crippen LogP contribution < -0.4 is 10.6 Å². The highest BCUT2D eigenvalue weighted by molar-refractivity contribution is 5.45. The van der Waals surface area contributed by atoms with Gasteiger partial charge in [0.25, 0.3) is 0 Å². The van der Waals surface area contributed by atoms with Crippen LogP contribution in [0.1, 0.15) is 19.0 Å². The third kappa shape index (κ3) is 3.70. The smallest absolute Gasteiger partial charge is 0.394 e. The second-order valence-corrected chi connectivity index (χ2v) is 4.28. The van der Waals surface area contributed by atoms with Crippen molar-refractivity contribution >= 4 is 11.8 Å². The van der Waals surface area contributed by atoms with Gasteiger partial charge in [0.05, 0.1) is 18.8 Å². The van der Waals surface area contributed by atoms with E-state index in [0.717, 1.165) is 6.07 Å². The van der Waals surface area contributed by atoms with E-state index in [1.54, 1.807) is 6.92 Å². The van der Waals surface area contributed by atoms with Crippen LogP contribution >= 0.6 is 0 Å². The van der Waals surface area contributed by atoms with E-state index >= 15 is 0 Å². The Morgan fingerprint density at radius 2 is 1.80 bits per heavy atom. The summed E-state index contributed by atoms with van der Waals surface area (Å²) in [6.07, 6.45) is -4.31. The molecule has 0 unspecified atom stereocenters. The molecule has 0 radical (unpaired) electrons. The summed E-state index contributed by atoms with van der Waals surface area (Å²) in [6.45, 7) is 0.796. The molecule has 1 rings (SSSR count). The van der Waals surface area contributed by atoms with Crippen molar-refractivity contribution in [2.24, 2.45) is 0 Å². The molecule has 0 amide bonds. The van der Waals surface area contributed by atoms with E-state index in [1.807, 2.05) is 0 Å². The average Bonchev–Trinajstić information content (AvgIpc) is 2.43. The van der Waals surface area contributed by atoms with Gasteiger partial charge in [-0.25, -0.2) is 4.98 Å². The maximum Gasteiger partial charge on any atom is 0.433 e. The fourth-order valence-corrected chi connectivity index (χ4v) is 1.48. The number of anilines is 2. The fraction of sp³-hybridized carbons (Fsp3) is 0.636. The zero-order valence-corrected chi connectivity index (χ0v) is 11.1. The molecule has 0 aliphatic rings. The molecule has 20 heavy (non-hydrogen) atoms. The lowest BCUT2D eigenvalue weighted by Crippen LogP contribution is -2.45. The zero-order chi connectivity index (χ0) is 15.4. The van der Waals surface area contributed by atoms with E-state index in [4.69, 9.17) is 0 Å². The molecule has 1 aromatic rings. The van der Waals surface area contributed by atoms with Gasteiger partial charge in [0.2, 0.25) is 5.95 Å².